The van der Waals surface area contributed by atoms with Gasteiger partial charge in [-0.25, -0.2) is 4.79 Å². The van der Waals surface area contributed by atoms with Crippen LogP contribution in [0.5, 0.6) is 5.75 Å². The number of ether oxygens (including phenoxy) is 1. The van der Waals surface area contributed by atoms with Crippen LogP contribution in [0.1, 0.15) is 40.9 Å². The van der Waals surface area contributed by atoms with E-state index in [1.54, 1.807) is 13.2 Å². The number of carbonyl (C=O) groups is 1. The van der Waals surface area contributed by atoms with E-state index in [0.717, 1.165) is 40.7 Å². The van der Waals surface area contributed by atoms with Crippen molar-refractivity contribution in [3.05, 3.63) is 56.7 Å². The predicted octanol–water partition coefficient (Wildman–Crippen LogP) is 3.19. The van der Waals surface area contributed by atoms with Gasteiger partial charge in [0.2, 0.25) is 5.91 Å². The third-order valence-corrected chi connectivity index (χ3v) is 6.12. The number of benzene rings is 1. The summed E-state index contributed by atoms with van der Waals surface area (Å²) >= 11 is 0. The van der Waals surface area contributed by atoms with E-state index in [-0.39, 0.29) is 18.4 Å². The second-order valence-electron chi connectivity index (χ2n) is 8.06. The molecular weight excluding hydrogens is 382 g/mol. The molecule has 4 rings (SSSR count). The highest BCUT2D eigenvalue weighted by Gasteiger charge is 2.34. The van der Waals surface area contributed by atoms with E-state index < -0.39 is 5.63 Å². The maximum Gasteiger partial charge on any atom is 0.340 e. The molecule has 2 aromatic heterocycles. The zero-order chi connectivity index (χ0) is 21.6. The van der Waals surface area contributed by atoms with Crippen molar-refractivity contribution in [1.29, 1.82) is 0 Å². The molecular formula is C23H27N3O4. The van der Waals surface area contributed by atoms with E-state index in [9.17, 15) is 9.59 Å². The summed E-state index contributed by atoms with van der Waals surface area (Å²) < 4.78 is 12.6. The first-order chi connectivity index (χ1) is 14.3. The van der Waals surface area contributed by atoms with Crippen LogP contribution >= 0.6 is 0 Å². The molecule has 0 spiro atoms. The van der Waals surface area contributed by atoms with E-state index in [2.05, 4.69) is 5.10 Å². The minimum absolute atomic E-state index is 0.0327. The lowest BCUT2D eigenvalue weighted by Gasteiger charge is -2.23. The second kappa shape index (κ2) is 7.63. The SMILES string of the molecule is COc1ccc2c(C)c(CC(=O)N(Cc3c(C)nn(C)c3C)C3CC3)c(=O)oc2c1. The van der Waals surface area contributed by atoms with Crippen molar-refractivity contribution in [2.24, 2.45) is 7.05 Å². The van der Waals surface area contributed by atoms with Gasteiger partial charge in [0, 0.05) is 42.3 Å². The number of methoxy groups -OCH3 is 1. The van der Waals surface area contributed by atoms with Gasteiger partial charge in [-0.1, -0.05) is 0 Å². The molecule has 1 aliphatic carbocycles. The van der Waals surface area contributed by atoms with Crippen molar-refractivity contribution in [2.45, 2.75) is 52.6 Å². The molecule has 0 aliphatic heterocycles. The van der Waals surface area contributed by atoms with Gasteiger partial charge in [0.1, 0.15) is 11.3 Å². The van der Waals surface area contributed by atoms with Gasteiger partial charge in [0.25, 0.3) is 0 Å². The van der Waals surface area contributed by atoms with Crippen molar-refractivity contribution in [1.82, 2.24) is 14.7 Å². The Morgan fingerprint density at radius 1 is 1.27 bits per heavy atom. The summed E-state index contributed by atoms with van der Waals surface area (Å²) in [5.74, 6) is 0.569. The highest BCUT2D eigenvalue weighted by molar-refractivity contribution is 5.85. The van der Waals surface area contributed by atoms with Crippen molar-refractivity contribution in [3.63, 3.8) is 0 Å². The average molecular weight is 409 g/mol. The fourth-order valence-corrected chi connectivity index (χ4v) is 3.98. The van der Waals surface area contributed by atoms with Gasteiger partial charge in [-0.3, -0.25) is 9.48 Å². The first-order valence-electron chi connectivity index (χ1n) is 10.2. The van der Waals surface area contributed by atoms with Crippen LogP contribution in [0.4, 0.5) is 0 Å². The standard InChI is InChI=1S/C23H27N3O4/c1-13-18-9-8-17(29-5)10-21(18)30-23(28)19(13)11-22(27)26(16-6-7-16)12-20-14(2)24-25(4)15(20)3/h8-10,16H,6-7,11-12H2,1-5H3. The van der Waals surface area contributed by atoms with Gasteiger partial charge >= 0.3 is 5.63 Å². The largest absolute Gasteiger partial charge is 0.497 e. The number of fused-ring (bicyclic) bond motifs is 1. The van der Waals surface area contributed by atoms with Crippen molar-refractivity contribution >= 4 is 16.9 Å². The van der Waals surface area contributed by atoms with Crippen LogP contribution in [0.25, 0.3) is 11.0 Å². The Morgan fingerprint density at radius 2 is 2.00 bits per heavy atom. The van der Waals surface area contributed by atoms with Crippen LogP contribution < -0.4 is 10.4 Å². The van der Waals surface area contributed by atoms with Crippen LogP contribution in [0.3, 0.4) is 0 Å². The van der Waals surface area contributed by atoms with Gasteiger partial charge in [0.15, 0.2) is 0 Å². The van der Waals surface area contributed by atoms with Gasteiger partial charge in [-0.2, -0.15) is 5.10 Å². The zero-order valence-electron chi connectivity index (χ0n) is 18.1. The normalized spacial score (nSPS) is 13.6. The molecule has 1 amide bonds. The summed E-state index contributed by atoms with van der Waals surface area (Å²) in [6.45, 7) is 6.37. The highest BCUT2D eigenvalue weighted by atomic mass is 16.5. The smallest absolute Gasteiger partial charge is 0.340 e. The molecule has 0 bridgehead atoms. The molecule has 1 saturated carbocycles. The van der Waals surface area contributed by atoms with Crippen molar-refractivity contribution in [3.8, 4) is 5.75 Å². The molecule has 0 unspecified atom stereocenters. The Bertz CT molecular complexity index is 1190. The quantitative estimate of drug-likeness (QED) is 0.585. The number of rotatable bonds is 6. The van der Waals surface area contributed by atoms with E-state index in [0.29, 0.717) is 23.4 Å². The molecule has 30 heavy (non-hydrogen) atoms. The maximum absolute atomic E-state index is 13.3. The fraction of sp³-hybridized carbons (Fsp3) is 0.435. The lowest BCUT2D eigenvalue weighted by molar-refractivity contribution is -0.131. The van der Waals surface area contributed by atoms with Crippen molar-refractivity contribution in [2.75, 3.05) is 7.11 Å². The zero-order valence-corrected chi connectivity index (χ0v) is 18.1. The molecule has 0 N–H and O–H groups in total. The summed E-state index contributed by atoms with van der Waals surface area (Å²) in [7, 11) is 3.48. The summed E-state index contributed by atoms with van der Waals surface area (Å²) in [6.07, 6.45) is 2.02. The van der Waals surface area contributed by atoms with Crippen LogP contribution in [0.2, 0.25) is 0 Å². The summed E-state index contributed by atoms with van der Waals surface area (Å²) in [6, 6.07) is 5.61. The first kappa shape index (κ1) is 20.2. The maximum atomic E-state index is 13.3. The molecule has 158 valence electrons. The molecule has 1 aromatic carbocycles. The molecule has 7 nitrogen and oxygen atoms in total. The second-order valence-corrected chi connectivity index (χ2v) is 8.06. The third-order valence-electron chi connectivity index (χ3n) is 6.12. The van der Waals surface area contributed by atoms with Gasteiger partial charge in [0.05, 0.1) is 24.8 Å². The third kappa shape index (κ3) is 3.60. The van der Waals surface area contributed by atoms with Gasteiger partial charge in [-0.15, -0.1) is 0 Å². The Morgan fingerprint density at radius 3 is 2.60 bits per heavy atom. The summed E-state index contributed by atoms with van der Waals surface area (Å²) in [5.41, 5.74) is 4.27. The number of aromatic nitrogens is 2. The monoisotopic (exact) mass is 409 g/mol. The number of nitrogens with zero attached hydrogens (tertiary/aromatic N) is 3. The number of amides is 1. The summed E-state index contributed by atoms with van der Waals surface area (Å²) in [5, 5.41) is 5.28. The van der Waals surface area contributed by atoms with Crippen LogP contribution in [0, 0.1) is 20.8 Å². The van der Waals surface area contributed by atoms with Gasteiger partial charge in [-0.05, 0) is 51.3 Å². The van der Waals surface area contributed by atoms with E-state index in [1.807, 2.05) is 49.5 Å². The van der Waals surface area contributed by atoms with E-state index >= 15 is 0 Å². The Labute approximate surface area is 175 Å². The first-order valence-corrected chi connectivity index (χ1v) is 10.2. The molecule has 0 radical (unpaired) electrons. The fourth-order valence-electron chi connectivity index (χ4n) is 3.98. The van der Waals surface area contributed by atoms with Crippen LogP contribution in [-0.4, -0.2) is 33.7 Å². The highest BCUT2D eigenvalue weighted by Crippen LogP contribution is 2.31. The topological polar surface area (TPSA) is 77.6 Å². The average Bonchev–Trinajstić information content (AvgIpc) is 3.52. The summed E-state index contributed by atoms with van der Waals surface area (Å²) in [4.78, 5) is 27.8. The van der Waals surface area contributed by atoms with Crippen LogP contribution in [0.15, 0.2) is 27.4 Å². The number of carbonyl (C=O) groups excluding carboxylic acids is 1. The lowest BCUT2D eigenvalue weighted by Crippen LogP contribution is -2.35. The molecule has 0 saturated heterocycles. The molecule has 1 aliphatic rings. The van der Waals surface area contributed by atoms with E-state index in [1.165, 1.54) is 0 Å². The van der Waals surface area contributed by atoms with Crippen molar-refractivity contribution < 1.29 is 13.9 Å². The lowest BCUT2D eigenvalue weighted by atomic mass is 10.0. The molecule has 3 aromatic rings. The molecule has 7 heteroatoms. The predicted molar refractivity (Wildman–Crippen MR) is 114 cm³/mol. The Balaban J connectivity index is 1.64. The minimum Gasteiger partial charge on any atom is -0.497 e. The Kier molecular flexibility index (Phi) is 5.13. The molecule has 2 heterocycles. The molecule has 0 atom stereocenters. The van der Waals surface area contributed by atoms with Crippen LogP contribution in [-0.2, 0) is 24.8 Å². The van der Waals surface area contributed by atoms with E-state index in [4.69, 9.17) is 9.15 Å². The Hall–Kier alpha value is -3.09. The molecule has 1 fully saturated rings. The number of aryl methyl sites for hydroxylation is 3. The number of hydrogen-bond acceptors (Lipinski definition) is 5. The van der Waals surface area contributed by atoms with Gasteiger partial charge < -0.3 is 14.1 Å². The minimum atomic E-state index is -0.467. The number of hydrogen-bond donors (Lipinski definition) is 0.